The van der Waals surface area contributed by atoms with E-state index in [1.165, 1.54) is 19.3 Å². The van der Waals surface area contributed by atoms with Gasteiger partial charge in [0.2, 0.25) is 0 Å². The Kier molecular flexibility index (Phi) is 4.31. The zero-order valence-electron chi connectivity index (χ0n) is 16.2. The highest BCUT2D eigenvalue weighted by Gasteiger charge is 2.66. The molecule has 0 amide bonds. The van der Waals surface area contributed by atoms with Gasteiger partial charge in [-0.2, -0.15) is 0 Å². The minimum Gasteiger partial charge on any atom is -0.456 e. The molecule has 0 aromatic heterocycles. The topological polar surface area (TPSA) is 38.8 Å². The van der Waals surface area contributed by atoms with Crippen LogP contribution in [0.2, 0.25) is 0 Å². The number of esters is 1. The van der Waals surface area contributed by atoms with E-state index in [-0.39, 0.29) is 11.6 Å². The number of ether oxygens (including phenoxy) is 2. The van der Waals surface area contributed by atoms with Gasteiger partial charge in [0.15, 0.2) is 0 Å². The van der Waals surface area contributed by atoms with Gasteiger partial charge in [0.05, 0.1) is 17.3 Å². The van der Waals surface area contributed by atoms with Crippen molar-refractivity contribution < 1.29 is 14.3 Å². The zero-order chi connectivity index (χ0) is 18.7. The van der Waals surface area contributed by atoms with Crippen LogP contribution in [0.15, 0.2) is 28.7 Å². The summed E-state index contributed by atoms with van der Waals surface area (Å²) in [6.45, 7) is 8.89. The number of fused-ring (bicyclic) bond motifs is 3. The SMILES string of the molecule is CC(C)(OC(=O)c1ccc(Br)cc1)[C@H]1CC[C@]2(C)CC[C@@H]3O[C@]3(C)[C@H]2C1. The third kappa shape index (κ3) is 3.03. The maximum absolute atomic E-state index is 12.6. The second kappa shape index (κ2) is 6.07. The molecule has 26 heavy (non-hydrogen) atoms. The molecule has 5 atom stereocenters. The van der Waals surface area contributed by atoms with Crippen LogP contribution in [0, 0.1) is 17.3 Å². The number of epoxide rings is 1. The van der Waals surface area contributed by atoms with Gasteiger partial charge >= 0.3 is 5.97 Å². The molecule has 142 valence electrons. The first-order chi connectivity index (χ1) is 12.1. The predicted octanol–water partition coefficient (Wildman–Crippen LogP) is 5.76. The van der Waals surface area contributed by atoms with Crippen LogP contribution >= 0.6 is 15.9 Å². The minimum atomic E-state index is -0.469. The number of carbonyl (C=O) groups excluding carboxylic acids is 1. The fourth-order valence-electron chi connectivity index (χ4n) is 5.57. The molecule has 0 bridgehead atoms. The van der Waals surface area contributed by atoms with E-state index in [0.29, 0.717) is 28.9 Å². The molecule has 1 aliphatic heterocycles. The first-order valence-electron chi connectivity index (χ1n) is 9.81. The Labute approximate surface area is 165 Å². The van der Waals surface area contributed by atoms with Crippen molar-refractivity contribution in [1.82, 2.24) is 0 Å². The molecule has 3 aliphatic rings. The summed E-state index contributed by atoms with van der Waals surface area (Å²) >= 11 is 3.41. The van der Waals surface area contributed by atoms with E-state index in [0.717, 1.165) is 17.3 Å². The van der Waals surface area contributed by atoms with Crippen LogP contribution in [-0.2, 0) is 9.47 Å². The third-order valence-electron chi connectivity index (χ3n) is 7.49. The monoisotopic (exact) mass is 420 g/mol. The smallest absolute Gasteiger partial charge is 0.338 e. The Balaban J connectivity index is 1.48. The molecule has 1 aromatic carbocycles. The summed E-state index contributed by atoms with van der Waals surface area (Å²) in [4.78, 5) is 12.6. The standard InChI is InChI=1S/C22H29BrO3/c1-20(2,26-19(24)14-5-7-16(23)8-6-14)15-9-11-21(3)12-10-18-22(4,25-18)17(21)13-15/h5-8,15,17-18H,9-13H2,1-4H3/t15-,17-,18-,21+,22+/m0/s1. The van der Waals surface area contributed by atoms with E-state index in [1.54, 1.807) is 0 Å². The first kappa shape index (κ1) is 18.5. The molecule has 1 saturated heterocycles. The van der Waals surface area contributed by atoms with Crippen molar-refractivity contribution in [3.8, 4) is 0 Å². The average molecular weight is 421 g/mol. The van der Waals surface area contributed by atoms with Crippen LogP contribution in [0.5, 0.6) is 0 Å². The first-order valence-corrected chi connectivity index (χ1v) is 10.6. The molecule has 1 heterocycles. The molecule has 2 aliphatic carbocycles. The van der Waals surface area contributed by atoms with E-state index >= 15 is 0 Å². The van der Waals surface area contributed by atoms with Crippen molar-refractivity contribution in [3.63, 3.8) is 0 Å². The Morgan fingerprint density at radius 1 is 1.19 bits per heavy atom. The van der Waals surface area contributed by atoms with Crippen molar-refractivity contribution in [3.05, 3.63) is 34.3 Å². The number of rotatable bonds is 3. The second-order valence-electron chi connectivity index (χ2n) is 9.51. The molecule has 4 rings (SSSR count). The number of hydrogen-bond donors (Lipinski definition) is 0. The largest absolute Gasteiger partial charge is 0.456 e. The molecule has 0 N–H and O–H groups in total. The van der Waals surface area contributed by atoms with E-state index in [2.05, 4.69) is 43.6 Å². The number of benzene rings is 1. The van der Waals surface area contributed by atoms with Crippen LogP contribution in [0.1, 0.15) is 70.2 Å². The van der Waals surface area contributed by atoms with Crippen molar-refractivity contribution in [2.75, 3.05) is 0 Å². The lowest BCUT2D eigenvalue weighted by atomic mass is 9.53. The van der Waals surface area contributed by atoms with Crippen LogP contribution in [0.25, 0.3) is 0 Å². The highest BCUT2D eigenvalue weighted by molar-refractivity contribution is 9.10. The van der Waals surface area contributed by atoms with Crippen LogP contribution in [0.3, 0.4) is 0 Å². The number of hydrogen-bond acceptors (Lipinski definition) is 3. The van der Waals surface area contributed by atoms with Crippen molar-refractivity contribution in [1.29, 1.82) is 0 Å². The molecule has 0 radical (unpaired) electrons. The van der Waals surface area contributed by atoms with Crippen LogP contribution < -0.4 is 0 Å². The Hall–Kier alpha value is -0.870. The second-order valence-corrected chi connectivity index (χ2v) is 10.4. The molecule has 4 heteroatoms. The maximum atomic E-state index is 12.6. The van der Waals surface area contributed by atoms with Gasteiger partial charge in [-0.3, -0.25) is 0 Å². The van der Waals surface area contributed by atoms with E-state index in [1.807, 2.05) is 24.3 Å². The quantitative estimate of drug-likeness (QED) is 0.460. The minimum absolute atomic E-state index is 0.0530. The summed E-state index contributed by atoms with van der Waals surface area (Å²) < 4.78 is 13.1. The summed E-state index contributed by atoms with van der Waals surface area (Å²) in [5.41, 5.74) is 0.572. The highest BCUT2D eigenvalue weighted by atomic mass is 79.9. The molecule has 2 saturated carbocycles. The summed E-state index contributed by atoms with van der Waals surface area (Å²) in [6.07, 6.45) is 6.33. The predicted molar refractivity (Wildman–Crippen MR) is 105 cm³/mol. The Morgan fingerprint density at radius 2 is 1.85 bits per heavy atom. The maximum Gasteiger partial charge on any atom is 0.338 e. The van der Waals surface area contributed by atoms with Crippen molar-refractivity contribution in [2.24, 2.45) is 17.3 Å². The molecule has 0 spiro atoms. The van der Waals surface area contributed by atoms with Gasteiger partial charge in [-0.15, -0.1) is 0 Å². The summed E-state index contributed by atoms with van der Waals surface area (Å²) in [5, 5.41) is 0. The third-order valence-corrected chi connectivity index (χ3v) is 8.02. The lowest BCUT2D eigenvalue weighted by Crippen LogP contribution is -2.50. The lowest BCUT2D eigenvalue weighted by molar-refractivity contribution is -0.0770. The van der Waals surface area contributed by atoms with Gasteiger partial charge in [-0.1, -0.05) is 22.9 Å². The van der Waals surface area contributed by atoms with Crippen molar-refractivity contribution >= 4 is 21.9 Å². The van der Waals surface area contributed by atoms with Gasteiger partial charge in [0, 0.05) is 4.47 Å². The van der Waals surface area contributed by atoms with E-state index in [9.17, 15) is 4.79 Å². The Morgan fingerprint density at radius 3 is 2.54 bits per heavy atom. The fraction of sp³-hybridized carbons (Fsp3) is 0.682. The number of halogens is 1. The molecule has 3 nitrogen and oxygen atoms in total. The van der Waals surface area contributed by atoms with Crippen molar-refractivity contribution in [2.45, 2.75) is 77.1 Å². The summed E-state index contributed by atoms with van der Waals surface area (Å²) in [6, 6.07) is 7.38. The highest BCUT2D eigenvalue weighted by Crippen LogP contribution is 2.64. The fourth-order valence-corrected chi connectivity index (χ4v) is 5.84. The summed E-state index contributed by atoms with van der Waals surface area (Å²) in [5.74, 6) is 0.712. The van der Waals surface area contributed by atoms with Crippen LogP contribution in [0.4, 0.5) is 0 Å². The number of carbonyl (C=O) groups is 1. The molecule has 1 aromatic rings. The summed E-state index contributed by atoms with van der Waals surface area (Å²) in [7, 11) is 0. The van der Waals surface area contributed by atoms with Gasteiger partial charge in [-0.25, -0.2) is 4.79 Å². The van der Waals surface area contributed by atoms with E-state index in [4.69, 9.17) is 9.47 Å². The van der Waals surface area contributed by atoms with Gasteiger partial charge in [0.1, 0.15) is 5.60 Å². The van der Waals surface area contributed by atoms with Crippen LogP contribution in [-0.4, -0.2) is 23.3 Å². The molecular formula is C22H29BrO3. The lowest BCUT2D eigenvalue weighted by Gasteiger charge is -2.51. The molecule has 0 unspecified atom stereocenters. The molecular weight excluding hydrogens is 392 g/mol. The van der Waals surface area contributed by atoms with Gasteiger partial charge in [-0.05, 0) is 94.4 Å². The zero-order valence-corrected chi connectivity index (χ0v) is 17.8. The van der Waals surface area contributed by atoms with E-state index < -0.39 is 5.60 Å². The average Bonchev–Trinajstić information content (AvgIpc) is 3.26. The molecule has 3 fully saturated rings. The normalized spacial score (nSPS) is 38.9. The van der Waals surface area contributed by atoms with Gasteiger partial charge in [0.25, 0.3) is 0 Å². The van der Waals surface area contributed by atoms with Gasteiger partial charge < -0.3 is 9.47 Å². The Bertz CT molecular complexity index is 713.